The summed E-state index contributed by atoms with van der Waals surface area (Å²) < 4.78 is 11.1. The number of nitrogens with one attached hydrogen (secondary N) is 2. The van der Waals surface area contributed by atoms with Crippen molar-refractivity contribution in [3.05, 3.63) is 23.8 Å². The molecule has 0 fully saturated rings. The third kappa shape index (κ3) is 4.78. The molecule has 2 N–H and O–H groups in total. The van der Waals surface area contributed by atoms with Crippen LogP contribution in [0.2, 0.25) is 0 Å². The van der Waals surface area contributed by atoms with Crippen molar-refractivity contribution in [2.24, 2.45) is 0 Å². The van der Waals surface area contributed by atoms with Crippen molar-refractivity contribution < 1.29 is 14.3 Å². The van der Waals surface area contributed by atoms with Gasteiger partial charge in [0, 0.05) is 24.9 Å². The standard InChI is InChI=1S/C16H24N2O3.ClH/c1-16(2,11-18-15(19)6-7-17-3)12-4-5-13-14(10-12)21-9-8-20-13;/h4-5,10,17H,6-9,11H2,1-3H3,(H,18,19);1H. The van der Waals surface area contributed by atoms with Crippen molar-refractivity contribution in [1.29, 1.82) is 0 Å². The fraction of sp³-hybridized carbons (Fsp3) is 0.562. The first-order chi connectivity index (χ1) is 10.0. The van der Waals surface area contributed by atoms with Gasteiger partial charge in [-0.1, -0.05) is 19.9 Å². The quantitative estimate of drug-likeness (QED) is 0.837. The van der Waals surface area contributed by atoms with Crippen LogP contribution in [0.15, 0.2) is 18.2 Å². The second-order valence-electron chi connectivity index (χ2n) is 5.87. The van der Waals surface area contributed by atoms with E-state index in [4.69, 9.17) is 9.47 Å². The minimum absolute atomic E-state index is 0. The van der Waals surface area contributed by atoms with E-state index in [0.717, 1.165) is 17.1 Å². The van der Waals surface area contributed by atoms with E-state index in [1.54, 1.807) is 0 Å². The summed E-state index contributed by atoms with van der Waals surface area (Å²) in [5.41, 5.74) is 0.964. The first-order valence-electron chi connectivity index (χ1n) is 7.34. The Kier molecular flexibility index (Phi) is 6.97. The summed E-state index contributed by atoms with van der Waals surface area (Å²) in [5, 5.41) is 5.96. The van der Waals surface area contributed by atoms with Gasteiger partial charge >= 0.3 is 0 Å². The third-order valence-electron chi connectivity index (χ3n) is 3.65. The van der Waals surface area contributed by atoms with Crippen LogP contribution in [0.25, 0.3) is 0 Å². The molecule has 0 saturated carbocycles. The molecule has 6 heteroatoms. The summed E-state index contributed by atoms with van der Waals surface area (Å²) in [4.78, 5) is 11.7. The van der Waals surface area contributed by atoms with E-state index in [1.165, 1.54) is 0 Å². The number of rotatable bonds is 6. The molecule has 22 heavy (non-hydrogen) atoms. The molecule has 0 atom stereocenters. The van der Waals surface area contributed by atoms with Crippen LogP contribution in [-0.4, -0.2) is 39.3 Å². The Labute approximate surface area is 138 Å². The first kappa shape index (κ1) is 18.6. The van der Waals surface area contributed by atoms with Crippen LogP contribution in [0.1, 0.15) is 25.8 Å². The van der Waals surface area contributed by atoms with Gasteiger partial charge in [-0.2, -0.15) is 0 Å². The summed E-state index contributed by atoms with van der Waals surface area (Å²) in [7, 11) is 1.84. The Bertz CT molecular complexity index is 506. The molecule has 1 heterocycles. The molecule has 124 valence electrons. The fourth-order valence-corrected chi connectivity index (χ4v) is 2.21. The SMILES string of the molecule is CNCCC(=O)NCC(C)(C)c1ccc2c(c1)OCCO2.Cl. The number of carbonyl (C=O) groups excluding carboxylic acids is 1. The predicted molar refractivity (Wildman–Crippen MR) is 89.3 cm³/mol. The maximum absolute atomic E-state index is 11.7. The Morgan fingerprint density at radius 1 is 1.23 bits per heavy atom. The molecule has 0 radical (unpaired) electrons. The molecule has 1 aliphatic rings. The van der Waals surface area contributed by atoms with Crippen molar-refractivity contribution in [1.82, 2.24) is 10.6 Å². The van der Waals surface area contributed by atoms with Gasteiger partial charge in [0.05, 0.1) is 0 Å². The number of fused-ring (bicyclic) bond motifs is 1. The van der Waals surface area contributed by atoms with E-state index in [-0.39, 0.29) is 23.7 Å². The zero-order valence-electron chi connectivity index (χ0n) is 13.4. The molecule has 5 nitrogen and oxygen atoms in total. The lowest BCUT2D eigenvalue weighted by Crippen LogP contribution is -2.37. The minimum atomic E-state index is -0.162. The minimum Gasteiger partial charge on any atom is -0.486 e. The summed E-state index contributed by atoms with van der Waals surface area (Å²) in [6.07, 6.45) is 0.494. The Morgan fingerprint density at radius 3 is 2.59 bits per heavy atom. The van der Waals surface area contributed by atoms with Gasteiger partial charge in [0.1, 0.15) is 13.2 Å². The van der Waals surface area contributed by atoms with E-state index in [0.29, 0.717) is 32.7 Å². The monoisotopic (exact) mass is 328 g/mol. The van der Waals surface area contributed by atoms with Crippen LogP contribution >= 0.6 is 12.4 Å². The molecule has 0 spiro atoms. The molecule has 1 amide bonds. The zero-order valence-corrected chi connectivity index (χ0v) is 14.2. The van der Waals surface area contributed by atoms with Gasteiger partial charge in [-0.25, -0.2) is 0 Å². The van der Waals surface area contributed by atoms with Crippen LogP contribution < -0.4 is 20.1 Å². The lowest BCUT2D eigenvalue weighted by atomic mass is 9.84. The van der Waals surface area contributed by atoms with Crippen LogP contribution in [0.3, 0.4) is 0 Å². The molecule has 0 bridgehead atoms. The number of ether oxygens (including phenoxy) is 2. The second-order valence-corrected chi connectivity index (χ2v) is 5.87. The van der Waals surface area contributed by atoms with Gasteiger partial charge in [-0.15, -0.1) is 12.4 Å². The molecule has 1 aromatic rings. The highest BCUT2D eigenvalue weighted by atomic mass is 35.5. The maximum Gasteiger partial charge on any atom is 0.221 e. The predicted octanol–water partition coefficient (Wildman–Crippen LogP) is 1.88. The molecule has 0 saturated heterocycles. The van der Waals surface area contributed by atoms with Crippen LogP contribution in [0, 0.1) is 0 Å². The average molecular weight is 329 g/mol. The van der Waals surface area contributed by atoms with Crippen molar-refractivity contribution in [3.8, 4) is 11.5 Å². The van der Waals surface area contributed by atoms with Crippen LogP contribution in [0.5, 0.6) is 11.5 Å². The smallest absolute Gasteiger partial charge is 0.221 e. The molecule has 0 aromatic heterocycles. The van der Waals surface area contributed by atoms with Crippen LogP contribution in [-0.2, 0) is 10.2 Å². The van der Waals surface area contributed by atoms with E-state index < -0.39 is 0 Å². The number of amides is 1. The third-order valence-corrected chi connectivity index (χ3v) is 3.65. The van der Waals surface area contributed by atoms with Gasteiger partial charge in [0.25, 0.3) is 0 Å². The van der Waals surface area contributed by atoms with Gasteiger partial charge in [0.2, 0.25) is 5.91 Å². The average Bonchev–Trinajstić information content (AvgIpc) is 2.50. The Hall–Kier alpha value is -1.46. The number of carbonyl (C=O) groups is 1. The summed E-state index contributed by atoms with van der Waals surface area (Å²) in [6.45, 7) is 6.67. The normalized spacial score (nSPS) is 13.2. The molecular formula is C16H25ClN2O3. The Morgan fingerprint density at radius 2 is 1.91 bits per heavy atom. The molecule has 2 rings (SSSR count). The lowest BCUT2D eigenvalue weighted by molar-refractivity contribution is -0.121. The molecule has 1 aliphatic heterocycles. The number of benzene rings is 1. The van der Waals surface area contributed by atoms with E-state index in [9.17, 15) is 4.79 Å². The molecule has 0 unspecified atom stereocenters. The highest BCUT2D eigenvalue weighted by Gasteiger charge is 2.24. The summed E-state index contributed by atoms with van der Waals surface area (Å²) in [5.74, 6) is 1.64. The number of hydrogen-bond acceptors (Lipinski definition) is 4. The zero-order chi connectivity index (χ0) is 15.3. The second kappa shape index (κ2) is 8.25. The van der Waals surface area contributed by atoms with Gasteiger partial charge in [0.15, 0.2) is 11.5 Å². The highest BCUT2D eigenvalue weighted by Crippen LogP contribution is 2.34. The van der Waals surface area contributed by atoms with Gasteiger partial charge < -0.3 is 20.1 Å². The molecule has 0 aliphatic carbocycles. The highest BCUT2D eigenvalue weighted by molar-refractivity contribution is 5.85. The number of halogens is 1. The van der Waals surface area contributed by atoms with E-state index in [2.05, 4.69) is 24.5 Å². The van der Waals surface area contributed by atoms with Crippen molar-refractivity contribution in [3.63, 3.8) is 0 Å². The van der Waals surface area contributed by atoms with Gasteiger partial charge in [-0.3, -0.25) is 4.79 Å². The van der Waals surface area contributed by atoms with Crippen molar-refractivity contribution in [2.75, 3.05) is 33.4 Å². The first-order valence-corrected chi connectivity index (χ1v) is 7.34. The topological polar surface area (TPSA) is 59.6 Å². The van der Waals surface area contributed by atoms with Crippen molar-refractivity contribution >= 4 is 18.3 Å². The number of hydrogen-bond donors (Lipinski definition) is 2. The largest absolute Gasteiger partial charge is 0.486 e. The molecular weight excluding hydrogens is 304 g/mol. The summed E-state index contributed by atoms with van der Waals surface area (Å²) >= 11 is 0. The van der Waals surface area contributed by atoms with Crippen molar-refractivity contribution in [2.45, 2.75) is 25.7 Å². The van der Waals surface area contributed by atoms with Crippen LogP contribution in [0.4, 0.5) is 0 Å². The van der Waals surface area contributed by atoms with E-state index in [1.807, 2.05) is 25.2 Å². The lowest BCUT2D eigenvalue weighted by Gasteiger charge is -2.27. The fourth-order valence-electron chi connectivity index (χ4n) is 2.21. The van der Waals surface area contributed by atoms with E-state index >= 15 is 0 Å². The Balaban J connectivity index is 0.00000242. The molecule has 1 aromatic carbocycles. The summed E-state index contributed by atoms with van der Waals surface area (Å²) in [6, 6.07) is 5.98. The van der Waals surface area contributed by atoms with Gasteiger partial charge in [-0.05, 0) is 24.7 Å². The maximum atomic E-state index is 11.7.